The van der Waals surface area contributed by atoms with Crippen molar-refractivity contribution in [1.29, 1.82) is 0 Å². The average Bonchev–Trinajstić information content (AvgIpc) is 2.88. The Labute approximate surface area is 214 Å². The number of likely N-dealkylation sites (N-methyl/N-ethyl adjacent to an activating group) is 1. The first-order valence-corrected chi connectivity index (χ1v) is 12.7. The molecule has 0 atom stereocenters. The van der Waals surface area contributed by atoms with Crippen LogP contribution in [0.1, 0.15) is 30.9 Å². The number of anilines is 1. The van der Waals surface area contributed by atoms with E-state index in [1.165, 1.54) is 5.56 Å². The van der Waals surface area contributed by atoms with Crippen LogP contribution in [0.2, 0.25) is 0 Å². The van der Waals surface area contributed by atoms with E-state index in [2.05, 4.69) is 52.5 Å². The molecule has 0 fully saturated rings. The van der Waals surface area contributed by atoms with E-state index in [1.54, 1.807) is 12.4 Å². The van der Waals surface area contributed by atoms with Crippen molar-refractivity contribution in [3.8, 4) is 16.9 Å². The van der Waals surface area contributed by atoms with Crippen molar-refractivity contribution in [2.45, 2.75) is 32.6 Å². The molecule has 5 heteroatoms. The largest absolute Gasteiger partial charge is 0.492 e. The van der Waals surface area contributed by atoms with Crippen LogP contribution in [0.4, 0.5) is 5.69 Å². The summed E-state index contributed by atoms with van der Waals surface area (Å²) in [5, 5.41) is 5.30. The lowest BCUT2D eigenvalue weighted by Gasteiger charge is -2.16. The van der Waals surface area contributed by atoms with Crippen LogP contribution in [-0.2, 0) is 17.6 Å². The highest BCUT2D eigenvalue weighted by Crippen LogP contribution is 2.31. The SMILES string of the molecule is CCCCc1ccc(NC(=O)Cc2ccc(-c3ccncc3)c3ccccc23)cc1OCCN(C)C. The maximum Gasteiger partial charge on any atom is 0.228 e. The summed E-state index contributed by atoms with van der Waals surface area (Å²) in [6.45, 7) is 3.64. The average molecular weight is 482 g/mol. The number of carbonyl (C=O) groups is 1. The number of carbonyl (C=O) groups excluding carboxylic acids is 1. The molecule has 0 aliphatic carbocycles. The Morgan fingerprint density at radius 2 is 1.69 bits per heavy atom. The van der Waals surface area contributed by atoms with Crippen LogP contribution < -0.4 is 10.1 Å². The smallest absolute Gasteiger partial charge is 0.228 e. The third-order valence-electron chi connectivity index (χ3n) is 6.30. The molecular formula is C31H35N3O2. The van der Waals surface area contributed by atoms with Gasteiger partial charge < -0.3 is 15.0 Å². The minimum atomic E-state index is -0.0441. The number of unbranched alkanes of at least 4 members (excludes halogenated alkanes) is 1. The van der Waals surface area contributed by atoms with E-state index in [-0.39, 0.29) is 5.91 Å². The second-order valence-electron chi connectivity index (χ2n) is 9.36. The summed E-state index contributed by atoms with van der Waals surface area (Å²) in [5.41, 5.74) is 5.20. The number of nitrogens with zero attached hydrogens (tertiary/aromatic N) is 2. The molecule has 1 N–H and O–H groups in total. The molecule has 0 saturated heterocycles. The lowest BCUT2D eigenvalue weighted by molar-refractivity contribution is -0.115. The first-order valence-electron chi connectivity index (χ1n) is 12.7. The molecule has 0 aliphatic heterocycles. The predicted molar refractivity (Wildman–Crippen MR) is 149 cm³/mol. The molecule has 0 radical (unpaired) electrons. The van der Waals surface area contributed by atoms with Crippen LogP contribution in [0.3, 0.4) is 0 Å². The molecule has 1 heterocycles. The molecule has 186 valence electrons. The molecule has 36 heavy (non-hydrogen) atoms. The molecule has 4 aromatic rings. The Kier molecular flexibility index (Phi) is 8.69. The molecule has 0 unspecified atom stereocenters. The summed E-state index contributed by atoms with van der Waals surface area (Å²) < 4.78 is 6.10. The number of aromatic nitrogens is 1. The van der Waals surface area contributed by atoms with Crippen LogP contribution in [0.25, 0.3) is 21.9 Å². The van der Waals surface area contributed by atoms with Crippen LogP contribution in [0, 0.1) is 0 Å². The molecule has 1 aromatic heterocycles. The molecule has 3 aromatic carbocycles. The number of nitrogens with one attached hydrogen (secondary N) is 1. The van der Waals surface area contributed by atoms with E-state index >= 15 is 0 Å². The summed E-state index contributed by atoms with van der Waals surface area (Å²) in [4.78, 5) is 19.3. The van der Waals surface area contributed by atoms with Gasteiger partial charge in [-0.1, -0.05) is 55.8 Å². The highest BCUT2D eigenvalue weighted by atomic mass is 16.5. The van der Waals surface area contributed by atoms with Crippen molar-refractivity contribution < 1.29 is 9.53 Å². The third-order valence-corrected chi connectivity index (χ3v) is 6.30. The topological polar surface area (TPSA) is 54.5 Å². The lowest BCUT2D eigenvalue weighted by atomic mass is 9.94. The zero-order valence-corrected chi connectivity index (χ0v) is 21.5. The van der Waals surface area contributed by atoms with E-state index in [9.17, 15) is 4.79 Å². The van der Waals surface area contributed by atoms with Gasteiger partial charge >= 0.3 is 0 Å². The maximum atomic E-state index is 13.1. The van der Waals surface area contributed by atoms with Gasteiger partial charge in [0.2, 0.25) is 5.91 Å². The monoisotopic (exact) mass is 481 g/mol. The standard InChI is InChI=1S/C31H35N3O2/c1-4-5-8-24-11-13-26(22-30(24)36-20-19-34(2)3)33-31(35)21-25-12-14-28(23-15-17-32-18-16-23)29-10-7-6-9-27(25)29/h6-7,9-18,22H,4-5,8,19-21H2,1-3H3,(H,33,35). The van der Waals surface area contributed by atoms with Crippen molar-refractivity contribution in [2.75, 3.05) is 32.6 Å². The van der Waals surface area contributed by atoms with Crippen molar-refractivity contribution in [3.05, 3.63) is 90.3 Å². The number of hydrogen-bond acceptors (Lipinski definition) is 4. The Morgan fingerprint density at radius 3 is 2.44 bits per heavy atom. The fourth-order valence-electron chi connectivity index (χ4n) is 4.36. The minimum Gasteiger partial charge on any atom is -0.492 e. The van der Waals surface area contributed by atoms with Gasteiger partial charge in [0.05, 0.1) is 6.42 Å². The fourth-order valence-corrected chi connectivity index (χ4v) is 4.36. The zero-order valence-electron chi connectivity index (χ0n) is 21.5. The summed E-state index contributed by atoms with van der Waals surface area (Å²) in [6, 6.07) is 22.4. The van der Waals surface area contributed by atoms with E-state index in [1.807, 2.05) is 50.5 Å². The van der Waals surface area contributed by atoms with Gasteiger partial charge in [-0.25, -0.2) is 0 Å². The summed E-state index contributed by atoms with van der Waals surface area (Å²) in [7, 11) is 4.07. The second kappa shape index (κ2) is 12.3. The number of fused-ring (bicyclic) bond motifs is 1. The van der Waals surface area contributed by atoms with Crippen molar-refractivity contribution >= 4 is 22.4 Å². The normalized spacial score (nSPS) is 11.1. The zero-order chi connectivity index (χ0) is 25.3. The number of aryl methyl sites for hydroxylation is 1. The van der Waals surface area contributed by atoms with Gasteiger partial charge in [-0.15, -0.1) is 0 Å². The van der Waals surface area contributed by atoms with Gasteiger partial charge in [0, 0.05) is 30.7 Å². The van der Waals surface area contributed by atoms with E-state index in [0.29, 0.717) is 13.0 Å². The summed E-state index contributed by atoms with van der Waals surface area (Å²) in [6.07, 6.45) is 7.11. The molecule has 5 nitrogen and oxygen atoms in total. The van der Waals surface area contributed by atoms with Gasteiger partial charge in [-0.05, 0) is 78.2 Å². The maximum absolute atomic E-state index is 13.1. The third kappa shape index (κ3) is 6.49. The van der Waals surface area contributed by atoms with Gasteiger partial charge in [-0.2, -0.15) is 0 Å². The van der Waals surface area contributed by atoms with Crippen molar-refractivity contribution in [2.24, 2.45) is 0 Å². The molecule has 0 bridgehead atoms. The number of amides is 1. The second-order valence-corrected chi connectivity index (χ2v) is 9.36. The van der Waals surface area contributed by atoms with Crippen LogP contribution >= 0.6 is 0 Å². The first kappa shape index (κ1) is 25.4. The minimum absolute atomic E-state index is 0.0441. The number of rotatable bonds is 11. The molecule has 1 amide bonds. The Morgan fingerprint density at radius 1 is 0.944 bits per heavy atom. The fraction of sp³-hybridized carbons (Fsp3) is 0.290. The van der Waals surface area contributed by atoms with Gasteiger partial charge in [0.15, 0.2) is 0 Å². The van der Waals surface area contributed by atoms with Gasteiger partial charge in [-0.3, -0.25) is 9.78 Å². The highest BCUT2D eigenvalue weighted by molar-refractivity contribution is 6.01. The van der Waals surface area contributed by atoms with Gasteiger partial charge in [0.25, 0.3) is 0 Å². The number of benzene rings is 3. The van der Waals surface area contributed by atoms with Crippen molar-refractivity contribution in [1.82, 2.24) is 9.88 Å². The molecule has 0 spiro atoms. The quantitative estimate of drug-likeness (QED) is 0.271. The molecule has 4 rings (SSSR count). The Balaban J connectivity index is 1.52. The van der Waals surface area contributed by atoms with Crippen LogP contribution in [0.15, 0.2) is 79.1 Å². The Hall–Kier alpha value is -3.70. The number of ether oxygens (including phenoxy) is 1. The number of hydrogen-bond donors (Lipinski definition) is 1. The van der Waals surface area contributed by atoms with Gasteiger partial charge in [0.1, 0.15) is 12.4 Å². The molecule has 0 aliphatic rings. The van der Waals surface area contributed by atoms with E-state index < -0.39 is 0 Å². The van der Waals surface area contributed by atoms with Crippen LogP contribution in [-0.4, -0.2) is 43.0 Å². The molecular weight excluding hydrogens is 446 g/mol. The van der Waals surface area contributed by atoms with E-state index in [4.69, 9.17) is 4.74 Å². The Bertz CT molecular complexity index is 1300. The lowest BCUT2D eigenvalue weighted by Crippen LogP contribution is -2.20. The first-order chi connectivity index (χ1) is 17.5. The predicted octanol–water partition coefficient (Wildman–Crippen LogP) is 6.37. The summed E-state index contributed by atoms with van der Waals surface area (Å²) >= 11 is 0. The molecule has 0 saturated carbocycles. The van der Waals surface area contributed by atoms with Crippen LogP contribution in [0.5, 0.6) is 5.75 Å². The van der Waals surface area contributed by atoms with Crippen molar-refractivity contribution in [3.63, 3.8) is 0 Å². The number of pyridine rings is 1. The van der Waals surface area contributed by atoms with E-state index in [0.717, 1.165) is 64.7 Å². The summed E-state index contributed by atoms with van der Waals surface area (Å²) in [5.74, 6) is 0.813. The highest BCUT2D eigenvalue weighted by Gasteiger charge is 2.13.